The van der Waals surface area contributed by atoms with E-state index in [-0.39, 0.29) is 24.3 Å². The standard InChI is InChI=1S/C26H38N2O6/c1-3-33-25(31)22(26(32)34-4-2)27-23(29)20-16-19-14-10-5-6-11-15-21(19)28(24(20)30)17-18-12-8-7-9-13-18/h16,18,22H,3-15,17H2,1-2H3,(H,27,29). The lowest BCUT2D eigenvalue weighted by Crippen LogP contribution is -2.49. The molecule has 0 aliphatic heterocycles. The van der Waals surface area contributed by atoms with Crippen LogP contribution >= 0.6 is 0 Å². The zero-order chi connectivity index (χ0) is 24.5. The number of aryl methyl sites for hydroxylation is 1. The molecule has 8 heteroatoms. The molecule has 0 atom stereocenters. The minimum absolute atomic E-state index is 0.0336. The van der Waals surface area contributed by atoms with E-state index >= 15 is 0 Å². The van der Waals surface area contributed by atoms with Crippen molar-refractivity contribution in [3.63, 3.8) is 0 Å². The van der Waals surface area contributed by atoms with Crippen molar-refractivity contribution in [2.24, 2.45) is 5.92 Å². The molecule has 1 heterocycles. The van der Waals surface area contributed by atoms with Crippen LogP contribution in [0.3, 0.4) is 0 Å². The van der Waals surface area contributed by atoms with Crippen LogP contribution in [0.25, 0.3) is 0 Å². The van der Waals surface area contributed by atoms with Gasteiger partial charge in [0, 0.05) is 12.2 Å². The molecule has 0 bridgehead atoms. The summed E-state index contributed by atoms with van der Waals surface area (Å²) in [4.78, 5) is 51.5. The second kappa shape index (κ2) is 12.7. The van der Waals surface area contributed by atoms with Crippen molar-refractivity contribution in [3.8, 4) is 0 Å². The van der Waals surface area contributed by atoms with Gasteiger partial charge in [0.15, 0.2) is 0 Å². The number of amides is 1. The molecular weight excluding hydrogens is 436 g/mol. The fourth-order valence-corrected chi connectivity index (χ4v) is 5.09. The number of hydrogen-bond donors (Lipinski definition) is 1. The van der Waals surface area contributed by atoms with E-state index in [1.54, 1.807) is 19.9 Å². The molecule has 2 aliphatic rings. The first-order chi connectivity index (χ1) is 16.5. The van der Waals surface area contributed by atoms with E-state index < -0.39 is 23.9 Å². The Morgan fingerprint density at radius 1 is 0.941 bits per heavy atom. The smallest absolute Gasteiger partial charge is 0.340 e. The van der Waals surface area contributed by atoms with Crippen LogP contribution < -0.4 is 10.9 Å². The third kappa shape index (κ3) is 6.48. The first-order valence-electron chi connectivity index (χ1n) is 12.9. The summed E-state index contributed by atoms with van der Waals surface area (Å²) in [5, 5.41) is 2.41. The maximum absolute atomic E-state index is 13.6. The molecule has 1 aromatic rings. The van der Waals surface area contributed by atoms with Gasteiger partial charge in [-0.15, -0.1) is 0 Å². The Labute approximate surface area is 201 Å². The molecule has 3 rings (SSSR count). The lowest BCUT2D eigenvalue weighted by molar-refractivity contribution is -0.157. The molecule has 0 saturated heterocycles. The van der Waals surface area contributed by atoms with Gasteiger partial charge in [0.2, 0.25) is 6.04 Å². The molecule has 0 spiro atoms. The summed E-state index contributed by atoms with van der Waals surface area (Å²) in [7, 11) is 0. The monoisotopic (exact) mass is 474 g/mol. The highest BCUT2D eigenvalue weighted by atomic mass is 16.6. The summed E-state index contributed by atoms with van der Waals surface area (Å²) < 4.78 is 11.7. The number of pyridine rings is 1. The van der Waals surface area contributed by atoms with Crippen molar-refractivity contribution in [1.82, 2.24) is 9.88 Å². The summed E-state index contributed by atoms with van der Waals surface area (Å²) in [6.07, 6.45) is 11.7. The van der Waals surface area contributed by atoms with E-state index in [2.05, 4.69) is 5.32 Å². The molecule has 188 valence electrons. The summed E-state index contributed by atoms with van der Waals surface area (Å²) in [6.45, 7) is 3.94. The average Bonchev–Trinajstić information content (AvgIpc) is 2.81. The van der Waals surface area contributed by atoms with Crippen LogP contribution in [0.4, 0.5) is 0 Å². The Kier molecular flexibility index (Phi) is 9.72. The highest BCUT2D eigenvalue weighted by Gasteiger charge is 2.33. The summed E-state index contributed by atoms with van der Waals surface area (Å²) in [6, 6.07) is 0.0591. The SMILES string of the molecule is CCOC(=O)C(NC(=O)c1cc2c(n(CC3CCCCC3)c1=O)CCCCCC2)C(=O)OCC. The minimum Gasteiger partial charge on any atom is -0.464 e. The third-order valence-corrected chi connectivity index (χ3v) is 6.83. The number of fused-ring (bicyclic) bond motifs is 1. The average molecular weight is 475 g/mol. The van der Waals surface area contributed by atoms with E-state index in [0.717, 1.165) is 62.6 Å². The van der Waals surface area contributed by atoms with Gasteiger partial charge in [-0.05, 0) is 69.9 Å². The lowest BCUT2D eigenvalue weighted by atomic mass is 9.88. The molecule has 34 heavy (non-hydrogen) atoms. The van der Waals surface area contributed by atoms with Crippen molar-refractivity contribution in [1.29, 1.82) is 0 Å². The van der Waals surface area contributed by atoms with Crippen molar-refractivity contribution < 1.29 is 23.9 Å². The zero-order valence-corrected chi connectivity index (χ0v) is 20.5. The maximum atomic E-state index is 13.6. The van der Waals surface area contributed by atoms with Gasteiger partial charge in [-0.3, -0.25) is 9.59 Å². The number of hydrogen-bond acceptors (Lipinski definition) is 6. The molecule has 0 unspecified atom stereocenters. The number of nitrogens with zero attached hydrogens (tertiary/aromatic N) is 1. The Bertz CT molecular complexity index is 914. The third-order valence-electron chi connectivity index (χ3n) is 6.83. The molecular formula is C26H38N2O6. The Morgan fingerprint density at radius 2 is 1.53 bits per heavy atom. The summed E-state index contributed by atoms with van der Waals surface area (Å²) in [5.74, 6) is -2.13. The van der Waals surface area contributed by atoms with Crippen LogP contribution in [-0.4, -0.2) is 41.7 Å². The number of nitrogens with one attached hydrogen (secondary N) is 1. The van der Waals surface area contributed by atoms with Gasteiger partial charge >= 0.3 is 11.9 Å². The van der Waals surface area contributed by atoms with Gasteiger partial charge in [-0.2, -0.15) is 0 Å². The highest BCUT2D eigenvalue weighted by Crippen LogP contribution is 2.27. The Balaban J connectivity index is 1.96. The summed E-state index contributed by atoms with van der Waals surface area (Å²) >= 11 is 0. The van der Waals surface area contributed by atoms with Gasteiger partial charge in [-0.25, -0.2) is 9.59 Å². The number of carbonyl (C=O) groups excluding carboxylic acids is 3. The maximum Gasteiger partial charge on any atom is 0.340 e. The molecule has 1 aromatic heterocycles. The van der Waals surface area contributed by atoms with Crippen LogP contribution in [0.2, 0.25) is 0 Å². The fraction of sp³-hybridized carbons (Fsp3) is 0.692. The normalized spacial score (nSPS) is 16.8. The van der Waals surface area contributed by atoms with Crippen LogP contribution in [0.5, 0.6) is 0 Å². The first-order valence-corrected chi connectivity index (χ1v) is 12.9. The molecule has 1 fully saturated rings. The van der Waals surface area contributed by atoms with E-state index in [1.165, 1.54) is 19.3 Å². The van der Waals surface area contributed by atoms with Gasteiger partial charge in [0.05, 0.1) is 13.2 Å². The quantitative estimate of drug-likeness (QED) is 0.458. The number of ether oxygens (including phenoxy) is 2. The predicted octanol–water partition coefficient (Wildman–Crippen LogP) is 3.31. The zero-order valence-electron chi connectivity index (χ0n) is 20.5. The van der Waals surface area contributed by atoms with E-state index in [9.17, 15) is 19.2 Å². The van der Waals surface area contributed by atoms with Gasteiger partial charge < -0.3 is 19.4 Å². The molecule has 8 nitrogen and oxygen atoms in total. The molecule has 1 amide bonds. The topological polar surface area (TPSA) is 104 Å². The Hall–Kier alpha value is -2.64. The number of carbonyl (C=O) groups is 3. The van der Waals surface area contributed by atoms with E-state index in [0.29, 0.717) is 12.5 Å². The van der Waals surface area contributed by atoms with Gasteiger partial charge in [0.25, 0.3) is 11.5 Å². The van der Waals surface area contributed by atoms with E-state index in [4.69, 9.17) is 9.47 Å². The lowest BCUT2D eigenvalue weighted by Gasteiger charge is -2.27. The van der Waals surface area contributed by atoms with Crippen molar-refractivity contribution >= 4 is 17.8 Å². The molecule has 2 aliphatic carbocycles. The number of rotatable bonds is 8. The van der Waals surface area contributed by atoms with Gasteiger partial charge in [0.1, 0.15) is 5.56 Å². The van der Waals surface area contributed by atoms with Crippen molar-refractivity contribution in [2.75, 3.05) is 13.2 Å². The molecule has 1 saturated carbocycles. The molecule has 0 radical (unpaired) electrons. The van der Waals surface area contributed by atoms with Crippen molar-refractivity contribution in [3.05, 3.63) is 33.2 Å². The summed E-state index contributed by atoms with van der Waals surface area (Å²) in [5.41, 5.74) is 1.67. The number of esters is 2. The minimum atomic E-state index is -1.61. The van der Waals surface area contributed by atoms with E-state index in [1.807, 2.05) is 4.57 Å². The molecule has 0 aromatic carbocycles. The van der Waals surface area contributed by atoms with Crippen LogP contribution in [0.15, 0.2) is 10.9 Å². The second-order valence-electron chi connectivity index (χ2n) is 9.27. The number of aromatic nitrogens is 1. The van der Waals surface area contributed by atoms with Crippen molar-refractivity contribution in [2.45, 2.75) is 97.1 Å². The van der Waals surface area contributed by atoms with Crippen LogP contribution in [0, 0.1) is 5.92 Å². The van der Waals surface area contributed by atoms with Gasteiger partial charge in [-0.1, -0.05) is 32.1 Å². The highest BCUT2D eigenvalue weighted by molar-refractivity contribution is 6.05. The largest absolute Gasteiger partial charge is 0.464 e. The van der Waals surface area contributed by atoms with Crippen LogP contribution in [0.1, 0.15) is 93.3 Å². The predicted molar refractivity (Wildman–Crippen MR) is 128 cm³/mol. The fourth-order valence-electron chi connectivity index (χ4n) is 5.09. The van der Waals surface area contributed by atoms with Crippen LogP contribution in [-0.2, 0) is 38.4 Å². The first kappa shape index (κ1) is 26.0. The molecule has 1 N–H and O–H groups in total. The second-order valence-corrected chi connectivity index (χ2v) is 9.27. The Morgan fingerprint density at radius 3 is 2.15 bits per heavy atom.